The van der Waals surface area contributed by atoms with Crippen molar-refractivity contribution in [1.29, 1.82) is 0 Å². The molecule has 5 heteroatoms. The summed E-state index contributed by atoms with van der Waals surface area (Å²) in [7, 11) is 1.50. The second-order valence-corrected chi connectivity index (χ2v) is 5.75. The van der Waals surface area contributed by atoms with E-state index in [1.165, 1.54) is 25.8 Å². The Balaban J connectivity index is 2.24. The van der Waals surface area contributed by atoms with E-state index in [1.54, 1.807) is 6.26 Å². The van der Waals surface area contributed by atoms with Crippen molar-refractivity contribution >= 4 is 22.8 Å². The molecule has 2 rings (SSSR count). The minimum Gasteiger partial charge on any atom is -0.480 e. The van der Waals surface area contributed by atoms with Crippen LogP contribution in [-0.2, 0) is 16.0 Å². The number of amides is 1. The average molecular weight is 289 g/mol. The van der Waals surface area contributed by atoms with Crippen molar-refractivity contribution in [2.75, 3.05) is 7.05 Å². The number of carboxylic acid groups (broad SMARTS) is 1. The van der Waals surface area contributed by atoms with Crippen molar-refractivity contribution < 1.29 is 19.1 Å². The minimum atomic E-state index is -1.24. The van der Waals surface area contributed by atoms with Crippen LogP contribution in [0.4, 0.5) is 0 Å². The molecular weight excluding hydrogens is 270 g/mol. The van der Waals surface area contributed by atoms with Gasteiger partial charge in [0.15, 0.2) is 0 Å². The van der Waals surface area contributed by atoms with Crippen molar-refractivity contribution in [1.82, 2.24) is 4.90 Å². The number of benzene rings is 1. The molecule has 2 aromatic rings. The molecule has 0 saturated heterocycles. The second-order valence-electron chi connectivity index (χ2n) is 5.75. The first-order valence-electron chi connectivity index (χ1n) is 6.70. The van der Waals surface area contributed by atoms with E-state index in [-0.39, 0.29) is 12.3 Å². The lowest BCUT2D eigenvalue weighted by atomic mass is 10.0. The van der Waals surface area contributed by atoms with Gasteiger partial charge >= 0.3 is 5.97 Å². The zero-order chi connectivity index (χ0) is 15.8. The van der Waals surface area contributed by atoms with Gasteiger partial charge in [0.05, 0.1) is 12.7 Å². The van der Waals surface area contributed by atoms with Crippen LogP contribution in [0.15, 0.2) is 28.9 Å². The summed E-state index contributed by atoms with van der Waals surface area (Å²) in [5.41, 5.74) is 1.34. The molecule has 1 N–H and O–H groups in total. The zero-order valence-electron chi connectivity index (χ0n) is 12.6. The molecule has 1 amide bonds. The van der Waals surface area contributed by atoms with Crippen LogP contribution in [0.5, 0.6) is 0 Å². The average Bonchev–Trinajstić information content (AvgIpc) is 2.79. The van der Waals surface area contributed by atoms with Crippen LogP contribution in [0.25, 0.3) is 11.0 Å². The van der Waals surface area contributed by atoms with E-state index in [0.717, 1.165) is 22.1 Å². The summed E-state index contributed by atoms with van der Waals surface area (Å²) >= 11 is 0. The molecule has 0 bridgehead atoms. The van der Waals surface area contributed by atoms with Crippen LogP contribution in [0.2, 0.25) is 0 Å². The summed E-state index contributed by atoms with van der Waals surface area (Å²) in [4.78, 5) is 24.8. The van der Waals surface area contributed by atoms with Gasteiger partial charge in [-0.2, -0.15) is 0 Å². The van der Waals surface area contributed by atoms with Gasteiger partial charge in [0.25, 0.3) is 0 Å². The highest BCUT2D eigenvalue weighted by atomic mass is 16.4. The molecule has 0 atom stereocenters. The topological polar surface area (TPSA) is 70.8 Å². The molecule has 21 heavy (non-hydrogen) atoms. The van der Waals surface area contributed by atoms with Gasteiger partial charge in [0.1, 0.15) is 11.1 Å². The highest BCUT2D eigenvalue weighted by Gasteiger charge is 2.35. The predicted octanol–water partition coefficient (Wildman–Crippen LogP) is 2.61. The van der Waals surface area contributed by atoms with E-state index in [2.05, 4.69) is 0 Å². The normalized spacial score (nSPS) is 11.6. The third-order valence-corrected chi connectivity index (χ3v) is 3.89. The number of fused-ring (bicyclic) bond motifs is 1. The van der Waals surface area contributed by atoms with Gasteiger partial charge in [-0.3, -0.25) is 4.79 Å². The number of carbonyl (C=O) groups is 2. The first-order valence-corrected chi connectivity index (χ1v) is 6.70. The third kappa shape index (κ3) is 2.77. The lowest BCUT2D eigenvalue weighted by Gasteiger charge is -2.31. The van der Waals surface area contributed by atoms with Gasteiger partial charge in [-0.15, -0.1) is 0 Å². The number of aliphatic carboxylic acids is 1. The van der Waals surface area contributed by atoms with E-state index < -0.39 is 11.5 Å². The number of nitrogens with zero attached hydrogens (tertiary/aromatic N) is 1. The summed E-state index contributed by atoms with van der Waals surface area (Å²) in [6.07, 6.45) is 1.67. The standard InChI is InChI=1S/C16H19NO4/c1-10-5-6-12-11(9-21-13(12)7-10)8-14(18)17(4)16(2,3)15(19)20/h5-7,9H,8H2,1-4H3,(H,19,20). The molecule has 0 unspecified atom stereocenters. The maximum absolute atomic E-state index is 12.3. The molecule has 0 fully saturated rings. The number of hydrogen-bond donors (Lipinski definition) is 1. The van der Waals surface area contributed by atoms with Crippen LogP contribution >= 0.6 is 0 Å². The molecule has 0 radical (unpaired) electrons. The number of likely N-dealkylation sites (N-methyl/N-ethyl adjacent to an activating group) is 1. The molecule has 0 aliphatic heterocycles. The molecule has 1 aromatic carbocycles. The highest BCUT2D eigenvalue weighted by molar-refractivity contribution is 5.91. The maximum atomic E-state index is 12.3. The largest absolute Gasteiger partial charge is 0.480 e. The predicted molar refractivity (Wildman–Crippen MR) is 79.1 cm³/mol. The summed E-state index contributed by atoms with van der Waals surface area (Å²) in [6.45, 7) is 4.98. The van der Waals surface area contributed by atoms with Crippen LogP contribution in [0, 0.1) is 6.92 Å². The van der Waals surface area contributed by atoms with Crippen LogP contribution in [0.3, 0.4) is 0 Å². The molecule has 0 aliphatic rings. The summed E-state index contributed by atoms with van der Waals surface area (Å²) in [5, 5.41) is 10.1. The highest BCUT2D eigenvalue weighted by Crippen LogP contribution is 2.24. The Morgan fingerprint density at radius 1 is 1.33 bits per heavy atom. The summed E-state index contributed by atoms with van der Waals surface area (Å²) < 4.78 is 5.46. The molecule has 0 aliphatic carbocycles. The molecule has 0 spiro atoms. The van der Waals surface area contributed by atoms with Crippen molar-refractivity contribution in [3.8, 4) is 0 Å². The van der Waals surface area contributed by atoms with E-state index in [4.69, 9.17) is 4.42 Å². The number of hydrogen-bond acceptors (Lipinski definition) is 3. The van der Waals surface area contributed by atoms with Crippen LogP contribution in [0.1, 0.15) is 25.0 Å². The molecule has 1 aromatic heterocycles. The SMILES string of the molecule is Cc1ccc2c(CC(=O)N(C)C(C)(C)C(=O)O)coc2c1. The summed E-state index contributed by atoms with van der Waals surface area (Å²) in [6, 6.07) is 5.78. The first-order chi connectivity index (χ1) is 9.73. The van der Waals surface area contributed by atoms with Gasteiger partial charge in [-0.25, -0.2) is 4.79 Å². The fourth-order valence-corrected chi connectivity index (χ4v) is 2.06. The maximum Gasteiger partial charge on any atom is 0.329 e. The fourth-order valence-electron chi connectivity index (χ4n) is 2.06. The Kier molecular flexibility index (Phi) is 3.77. The van der Waals surface area contributed by atoms with Crippen LogP contribution < -0.4 is 0 Å². The van der Waals surface area contributed by atoms with Crippen molar-refractivity contribution in [3.05, 3.63) is 35.6 Å². The zero-order valence-corrected chi connectivity index (χ0v) is 12.6. The van der Waals surface area contributed by atoms with E-state index >= 15 is 0 Å². The van der Waals surface area contributed by atoms with Crippen LogP contribution in [-0.4, -0.2) is 34.5 Å². The smallest absolute Gasteiger partial charge is 0.329 e. The Morgan fingerprint density at radius 3 is 2.62 bits per heavy atom. The Morgan fingerprint density at radius 2 is 2.00 bits per heavy atom. The summed E-state index contributed by atoms with van der Waals surface area (Å²) in [5.74, 6) is -1.29. The number of carboxylic acids is 1. The van der Waals surface area contributed by atoms with E-state index in [0.29, 0.717) is 0 Å². The quantitative estimate of drug-likeness (QED) is 0.939. The van der Waals surface area contributed by atoms with Crippen molar-refractivity contribution in [2.24, 2.45) is 0 Å². The van der Waals surface area contributed by atoms with E-state index in [1.807, 2.05) is 25.1 Å². The fraction of sp³-hybridized carbons (Fsp3) is 0.375. The first kappa shape index (κ1) is 15.1. The number of rotatable bonds is 4. The van der Waals surface area contributed by atoms with Gasteiger partial charge < -0.3 is 14.4 Å². The van der Waals surface area contributed by atoms with E-state index in [9.17, 15) is 14.7 Å². The monoisotopic (exact) mass is 289 g/mol. The third-order valence-electron chi connectivity index (χ3n) is 3.89. The Bertz CT molecular complexity index is 699. The van der Waals surface area contributed by atoms with Crippen molar-refractivity contribution in [3.63, 3.8) is 0 Å². The van der Waals surface area contributed by atoms with Gasteiger partial charge in [-0.05, 0) is 32.4 Å². The Hall–Kier alpha value is -2.30. The Labute approximate surface area is 123 Å². The van der Waals surface area contributed by atoms with Crippen molar-refractivity contribution in [2.45, 2.75) is 32.7 Å². The lowest BCUT2D eigenvalue weighted by molar-refractivity contribution is -0.155. The van der Waals surface area contributed by atoms with Gasteiger partial charge in [-0.1, -0.05) is 12.1 Å². The van der Waals surface area contributed by atoms with Gasteiger partial charge in [0, 0.05) is 18.0 Å². The number of furan rings is 1. The molecule has 0 saturated carbocycles. The number of carbonyl (C=O) groups excluding carboxylic acids is 1. The molecule has 5 nitrogen and oxygen atoms in total. The van der Waals surface area contributed by atoms with Gasteiger partial charge in [0.2, 0.25) is 5.91 Å². The lowest BCUT2D eigenvalue weighted by Crippen LogP contribution is -2.51. The molecule has 112 valence electrons. The number of aryl methyl sites for hydroxylation is 1. The molecular formula is C16H19NO4. The second kappa shape index (κ2) is 5.24. The minimum absolute atomic E-state index is 0.114. The molecule has 1 heterocycles.